The first-order valence-corrected chi connectivity index (χ1v) is 7.91. The number of ether oxygens (including phenoxy) is 1. The normalized spacial score (nSPS) is 40.2. The average molecular weight is 252 g/mol. The molecule has 1 aliphatic carbocycles. The molecule has 0 bridgehead atoms. The van der Waals surface area contributed by atoms with Crippen LogP contribution in [0.4, 0.5) is 0 Å². The molecule has 1 saturated carbocycles. The zero-order valence-electron chi connectivity index (χ0n) is 11.7. The molecule has 0 aromatic rings. The predicted molar refractivity (Wildman–Crippen MR) is 73.8 cm³/mol. The molecule has 0 amide bonds. The van der Waals surface area contributed by atoms with Gasteiger partial charge in [-0.25, -0.2) is 0 Å². The van der Waals surface area contributed by atoms with Crippen molar-refractivity contribution in [3.05, 3.63) is 0 Å². The first-order chi connectivity index (χ1) is 8.84. The molecular formula is C15H28N2O. The summed E-state index contributed by atoms with van der Waals surface area (Å²) in [5.74, 6) is 0.930. The molecule has 0 radical (unpaired) electrons. The van der Waals surface area contributed by atoms with Crippen molar-refractivity contribution in [2.45, 2.75) is 63.6 Å². The van der Waals surface area contributed by atoms with E-state index in [2.05, 4.69) is 17.1 Å². The summed E-state index contributed by atoms with van der Waals surface area (Å²) < 4.78 is 5.62. The molecule has 2 heterocycles. The molecule has 1 N–H and O–H groups in total. The molecule has 3 heteroatoms. The van der Waals surface area contributed by atoms with Gasteiger partial charge in [-0.15, -0.1) is 0 Å². The van der Waals surface area contributed by atoms with Gasteiger partial charge in [-0.2, -0.15) is 0 Å². The second-order valence-electron chi connectivity index (χ2n) is 6.49. The van der Waals surface area contributed by atoms with E-state index in [4.69, 9.17) is 4.74 Å². The standard InChI is InChI=1S/C15H28N2O/c1-12-10-17(14-7-8-18-11-14)15(9-16-12)13-5-3-2-4-6-13/h12-16H,2-11H2,1H3. The third-order valence-corrected chi connectivity index (χ3v) is 5.15. The molecule has 2 saturated heterocycles. The maximum absolute atomic E-state index is 5.62. The van der Waals surface area contributed by atoms with Gasteiger partial charge in [0.15, 0.2) is 0 Å². The van der Waals surface area contributed by atoms with Crippen molar-refractivity contribution >= 4 is 0 Å². The van der Waals surface area contributed by atoms with Gasteiger partial charge in [-0.3, -0.25) is 4.90 Å². The minimum Gasteiger partial charge on any atom is -0.380 e. The summed E-state index contributed by atoms with van der Waals surface area (Å²) in [5.41, 5.74) is 0. The van der Waals surface area contributed by atoms with Crippen LogP contribution >= 0.6 is 0 Å². The Morgan fingerprint density at radius 2 is 1.94 bits per heavy atom. The molecular weight excluding hydrogens is 224 g/mol. The van der Waals surface area contributed by atoms with Gasteiger partial charge in [-0.05, 0) is 32.1 Å². The monoisotopic (exact) mass is 252 g/mol. The SMILES string of the molecule is CC1CN(C2CCOC2)C(C2CCCCC2)CN1. The van der Waals surface area contributed by atoms with E-state index in [1.54, 1.807) is 0 Å². The molecule has 3 aliphatic rings. The highest BCUT2D eigenvalue weighted by Gasteiger charge is 2.37. The highest BCUT2D eigenvalue weighted by atomic mass is 16.5. The zero-order chi connectivity index (χ0) is 12.4. The van der Waals surface area contributed by atoms with Crippen molar-refractivity contribution < 1.29 is 4.74 Å². The van der Waals surface area contributed by atoms with Gasteiger partial charge in [0.05, 0.1) is 6.61 Å². The molecule has 0 spiro atoms. The van der Waals surface area contributed by atoms with Crippen molar-refractivity contribution in [2.75, 3.05) is 26.3 Å². The van der Waals surface area contributed by atoms with Crippen molar-refractivity contribution in [2.24, 2.45) is 5.92 Å². The van der Waals surface area contributed by atoms with Gasteiger partial charge in [0.25, 0.3) is 0 Å². The highest BCUT2D eigenvalue weighted by Crippen LogP contribution is 2.32. The third-order valence-electron chi connectivity index (χ3n) is 5.15. The van der Waals surface area contributed by atoms with Gasteiger partial charge in [0, 0.05) is 37.8 Å². The molecule has 3 fully saturated rings. The lowest BCUT2D eigenvalue weighted by molar-refractivity contribution is 0.0328. The molecule has 3 rings (SSSR count). The van der Waals surface area contributed by atoms with E-state index in [0.717, 1.165) is 25.2 Å². The number of nitrogens with one attached hydrogen (secondary N) is 1. The Labute approximate surface area is 111 Å². The summed E-state index contributed by atoms with van der Waals surface area (Å²) in [6.45, 7) is 6.67. The second kappa shape index (κ2) is 5.89. The Morgan fingerprint density at radius 3 is 2.67 bits per heavy atom. The molecule has 3 atom stereocenters. The number of piperazine rings is 1. The lowest BCUT2D eigenvalue weighted by atomic mass is 9.81. The van der Waals surface area contributed by atoms with E-state index in [1.807, 2.05) is 0 Å². The van der Waals surface area contributed by atoms with Crippen LogP contribution in [0.1, 0.15) is 45.4 Å². The van der Waals surface area contributed by atoms with Crippen LogP contribution in [0.25, 0.3) is 0 Å². The van der Waals surface area contributed by atoms with Crippen LogP contribution in [-0.4, -0.2) is 49.3 Å². The van der Waals surface area contributed by atoms with E-state index in [9.17, 15) is 0 Å². The summed E-state index contributed by atoms with van der Waals surface area (Å²) in [6.07, 6.45) is 8.50. The lowest BCUT2D eigenvalue weighted by Crippen LogP contribution is -2.61. The number of rotatable bonds is 2. The van der Waals surface area contributed by atoms with Crippen LogP contribution < -0.4 is 5.32 Å². The van der Waals surface area contributed by atoms with Crippen LogP contribution in [-0.2, 0) is 4.74 Å². The van der Waals surface area contributed by atoms with E-state index < -0.39 is 0 Å². The Morgan fingerprint density at radius 1 is 1.11 bits per heavy atom. The summed E-state index contributed by atoms with van der Waals surface area (Å²) >= 11 is 0. The Kier molecular flexibility index (Phi) is 4.22. The molecule has 0 aromatic carbocycles. The van der Waals surface area contributed by atoms with Crippen LogP contribution in [0.5, 0.6) is 0 Å². The van der Waals surface area contributed by atoms with E-state index in [0.29, 0.717) is 12.1 Å². The molecule has 2 aliphatic heterocycles. The number of nitrogens with zero attached hydrogens (tertiary/aromatic N) is 1. The summed E-state index contributed by atoms with van der Waals surface area (Å²) in [5, 5.41) is 3.70. The minimum atomic E-state index is 0.644. The maximum atomic E-state index is 5.62. The topological polar surface area (TPSA) is 24.5 Å². The zero-order valence-corrected chi connectivity index (χ0v) is 11.7. The second-order valence-corrected chi connectivity index (χ2v) is 6.49. The fourth-order valence-corrected chi connectivity index (χ4v) is 4.12. The lowest BCUT2D eigenvalue weighted by Gasteiger charge is -2.46. The predicted octanol–water partition coefficient (Wildman–Crippen LogP) is 2.02. The van der Waals surface area contributed by atoms with Crippen LogP contribution in [0.3, 0.4) is 0 Å². The van der Waals surface area contributed by atoms with Gasteiger partial charge in [0.1, 0.15) is 0 Å². The molecule has 0 aromatic heterocycles. The number of hydrogen-bond donors (Lipinski definition) is 1. The van der Waals surface area contributed by atoms with Crippen molar-refractivity contribution in [3.63, 3.8) is 0 Å². The minimum absolute atomic E-state index is 0.644. The first kappa shape index (κ1) is 12.9. The van der Waals surface area contributed by atoms with Crippen molar-refractivity contribution in [3.8, 4) is 0 Å². The fourth-order valence-electron chi connectivity index (χ4n) is 4.12. The highest BCUT2D eigenvalue weighted by molar-refractivity contribution is 4.93. The summed E-state index contributed by atoms with van der Waals surface area (Å²) in [4.78, 5) is 2.80. The van der Waals surface area contributed by atoms with Crippen molar-refractivity contribution in [1.82, 2.24) is 10.2 Å². The first-order valence-electron chi connectivity index (χ1n) is 7.91. The Balaban J connectivity index is 1.68. The van der Waals surface area contributed by atoms with Gasteiger partial charge in [-0.1, -0.05) is 19.3 Å². The Bertz CT molecular complexity index is 259. The summed E-state index contributed by atoms with van der Waals surface area (Å²) in [6, 6.07) is 2.11. The van der Waals surface area contributed by atoms with Gasteiger partial charge < -0.3 is 10.1 Å². The van der Waals surface area contributed by atoms with E-state index in [1.165, 1.54) is 51.6 Å². The van der Waals surface area contributed by atoms with Crippen LogP contribution in [0, 0.1) is 5.92 Å². The van der Waals surface area contributed by atoms with Gasteiger partial charge >= 0.3 is 0 Å². The average Bonchev–Trinajstić information content (AvgIpc) is 2.93. The van der Waals surface area contributed by atoms with Gasteiger partial charge in [0.2, 0.25) is 0 Å². The van der Waals surface area contributed by atoms with Crippen LogP contribution in [0.2, 0.25) is 0 Å². The van der Waals surface area contributed by atoms with Crippen molar-refractivity contribution in [1.29, 1.82) is 0 Å². The van der Waals surface area contributed by atoms with E-state index >= 15 is 0 Å². The molecule has 18 heavy (non-hydrogen) atoms. The third kappa shape index (κ3) is 2.73. The largest absolute Gasteiger partial charge is 0.380 e. The maximum Gasteiger partial charge on any atom is 0.0622 e. The molecule has 3 nitrogen and oxygen atoms in total. The van der Waals surface area contributed by atoms with E-state index in [-0.39, 0.29) is 0 Å². The fraction of sp³-hybridized carbons (Fsp3) is 1.00. The Hall–Kier alpha value is -0.120. The molecule has 104 valence electrons. The quantitative estimate of drug-likeness (QED) is 0.814. The van der Waals surface area contributed by atoms with Crippen LogP contribution in [0.15, 0.2) is 0 Å². The summed E-state index contributed by atoms with van der Waals surface area (Å²) in [7, 11) is 0. The molecule has 3 unspecified atom stereocenters. The smallest absolute Gasteiger partial charge is 0.0622 e. The number of hydrogen-bond acceptors (Lipinski definition) is 3.